The lowest BCUT2D eigenvalue weighted by Gasteiger charge is -2.25. The van der Waals surface area contributed by atoms with Gasteiger partial charge in [-0.1, -0.05) is 99.9 Å². The summed E-state index contributed by atoms with van der Waals surface area (Å²) in [6.45, 7) is 2.33. The van der Waals surface area contributed by atoms with Gasteiger partial charge in [-0.25, -0.2) is 0 Å². The number of hydrogen-bond donors (Lipinski definition) is 0. The van der Waals surface area contributed by atoms with Crippen LogP contribution in [0.3, 0.4) is 0 Å². The highest BCUT2D eigenvalue weighted by Crippen LogP contribution is 2.46. The normalized spacial score (nSPS) is 29.7. The van der Waals surface area contributed by atoms with Crippen molar-refractivity contribution in [3.63, 3.8) is 0 Å². The van der Waals surface area contributed by atoms with Crippen molar-refractivity contribution in [1.29, 1.82) is 0 Å². The second-order valence-corrected chi connectivity index (χ2v) is 9.69. The molecule has 0 aromatic rings. The minimum Gasteiger partial charge on any atom is -0.0853 e. The third kappa shape index (κ3) is 6.63. The van der Waals surface area contributed by atoms with Gasteiger partial charge in [0.1, 0.15) is 0 Å². The Morgan fingerprint density at radius 3 is 2.24 bits per heavy atom. The summed E-state index contributed by atoms with van der Waals surface area (Å²) < 4.78 is 0.525. The predicted octanol–water partition coefficient (Wildman–Crippen LogP) is 7.64. The third-order valence-electron chi connectivity index (χ3n) is 6.06. The maximum absolute atomic E-state index is 4.08. The fourth-order valence-corrected chi connectivity index (χ4v) is 5.40. The molecule has 2 saturated carbocycles. The van der Waals surface area contributed by atoms with E-state index in [9.17, 15) is 0 Å². The lowest BCUT2D eigenvalue weighted by atomic mass is 9.81. The van der Waals surface area contributed by atoms with E-state index in [1.165, 1.54) is 103 Å². The zero-order chi connectivity index (χ0) is 15.0. The summed E-state index contributed by atoms with van der Waals surface area (Å²) in [6.07, 6.45) is 23.6. The van der Waals surface area contributed by atoms with Gasteiger partial charge in [0.25, 0.3) is 0 Å². The molecule has 2 fully saturated rings. The molecule has 2 atom stereocenters. The zero-order valence-electron chi connectivity index (χ0n) is 14.3. The Hall–Kier alpha value is 0.480. The van der Waals surface area contributed by atoms with Crippen LogP contribution in [0.25, 0.3) is 0 Å². The first-order valence-corrected chi connectivity index (χ1v) is 10.7. The summed E-state index contributed by atoms with van der Waals surface area (Å²) in [6, 6.07) is 0. The van der Waals surface area contributed by atoms with E-state index in [2.05, 4.69) is 22.9 Å². The molecule has 0 nitrogen and oxygen atoms in total. The van der Waals surface area contributed by atoms with Crippen molar-refractivity contribution in [3.05, 3.63) is 0 Å². The molecule has 0 heterocycles. The van der Waals surface area contributed by atoms with Crippen LogP contribution in [-0.4, -0.2) is 4.32 Å². The quantitative estimate of drug-likeness (QED) is 0.263. The third-order valence-corrected chi connectivity index (χ3v) is 7.18. The molecule has 0 bridgehead atoms. The van der Waals surface area contributed by atoms with Gasteiger partial charge in [0.2, 0.25) is 0 Å². The van der Waals surface area contributed by atoms with E-state index in [-0.39, 0.29) is 0 Å². The SMILES string of the molecule is CCCC1CCC(Br)(CCCCCCCCC2CCC2)C1. The van der Waals surface area contributed by atoms with Gasteiger partial charge in [0, 0.05) is 4.32 Å². The first kappa shape index (κ1) is 17.8. The minimum absolute atomic E-state index is 0.525. The molecule has 0 amide bonds. The van der Waals surface area contributed by atoms with Crippen molar-refractivity contribution in [1.82, 2.24) is 0 Å². The molecule has 124 valence electrons. The van der Waals surface area contributed by atoms with E-state index in [1.807, 2.05) is 0 Å². The van der Waals surface area contributed by atoms with E-state index < -0.39 is 0 Å². The Balaban J connectivity index is 1.40. The molecule has 2 unspecified atom stereocenters. The van der Waals surface area contributed by atoms with Gasteiger partial charge < -0.3 is 0 Å². The van der Waals surface area contributed by atoms with Crippen LogP contribution in [0.2, 0.25) is 0 Å². The number of hydrogen-bond acceptors (Lipinski definition) is 0. The Labute approximate surface area is 142 Å². The maximum atomic E-state index is 4.08. The molecule has 2 rings (SSSR count). The lowest BCUT2D eigenvalue weighted by Crippen LogP contribution is -2.16. The fraction of sp³-hybridized carbons (Fsp3) is 1.00. The molecule has 0 N–H and O–H groups in total. The predicted molar refractivity (Wildman–Crippen MR) is 98.2 cm³/mol. The highest BCUT2D eigenvalue weighted by Gasteiger charge is 2.35. The second kappa shape index (κ2) is 9.58. The summed E-state index contributed by atoms with van der Waals surface area (Å²) >= 11 is 4.08. The number of alkyl halides is 1. The summed E-state index contributed by atoms with van der Waals surface area (Å²) in [5.41, 5.74) is 0. The molecule has 0 aromatic carbocycles. The number of halogens is 1. The molecule has 2 aliphatic rings. The van der Waals surface area contributed by atoms with Gasteiger partial charge in [0.05, 0.1) is 0 Å². The number of rotatable bonds is 11. The molecular formula is C20H37Br. The number of unbranched alkanes of at least 4 members (excludes halogenated alkanes) is 5. The van der Waals surface area contributed by atoms with Crippen LogP contribution in [-0.2, 0) is 0 Å². The van der Waals surface area contributed by atoms with Gasteiger partial charge in [-0.05, 0) is 37.5 Å². The molecule has 0 spiro atoms. The van der Waals surface area contributed by atoms with Crippen molar-refractivity contribution >= 4 is 15.9 Å². The van der Waals surface area contributed by atoms with Crippen LogP contribution in [0.5, 0.6) is 0 Å². The van der Waals surface area contributed by atoms with E-state index in [1.54, 1.807) is 0 Å². The standard InChI is InChI=1S/C20H37Br/c1-2-10-19-14-16-20(21,17-19)15-8-6-4-3-5-7-11-18-12-9-13-18/h18-19H,2-17H2,1H3. The Morgan fingerprint density at radius 2 is 1.57 bits per heavy atom. The maximum Gasteiger partial charge on any atom is 0.0260 e. The Kier molecular flexibility index (Phi) is 8.13. The van der Waals surface area contributed by atoms with Gasteiger partial charge in [0.15, 0.2) is 0 Å². The topological polar surface area (TPSA) is 0 Å². The molecule has 2 aliphatic carbocycles. The van der Waals surface area contributed by atoms with E-state index in [0.717, 1.165) is 11.8 Å². The smallest absolute Gasteiger partial charge is 0.0260 e. The van der Waals surface area contributed by atoms with Crippen LogP contribution in [0.1, 0.15) is 110 Å². The Bertz CT molecular complexity index is 271. The van der Waals surface area contributed by atoms with Crippen molar-refractivity contribution in [2.75, 3.05) is 0 Å². The summed E-state index contributed by atoms with van der Waals surface area (Å²) in [4.78, 5) is 0. The highest BCUT2D eigenvalue weighted by molar-refractivity contribution is 9.10. The van der Waals surface area contributed by atoms with E-state index >= 15 is 0 Å². The average molecular weight is 357 g/mol. The van der Waals surface area contributed by atoms with Gasteiger partial charge in [-0.2, -0.15) is 0 Å². The first-order valence-electron chi connectivity index (χ1n) is 9.91. The van der Waals surface area contributed by atoms with Gasteiger partial charge in [-0.15, -0.1) is 0 Å². The van der Waals surface area contributed by atoms with Crippen LogP contribution in [0.15, 0.2) is 0 Å². The molecule has 0 saturated heterocycles. The van der Waals surface area contributed by atoms with Crippen LogP contribution >= 0.6 is 15.9 Å². The van der Waals surface area contributed by atoms with Gasteiger partial charge in [-0.3, -0.25) is 0 Å². The summed E-state index contributed by atoms with van der Waals surface area (Å²) in [5.74, 6) is 2.14. The average Bonchev–Trinajstić information content (AvgIpc) is 2.77. The van der Waals surface area contributed by atoms with E-state index in [4.69, 9.17) is 0 Å². The molecule has 21 heavy (non-hydrogen) atoms. The highest BCUT2D eigenvalue weighted by atomic mass is 79.9. The monoisotopic (exact) mass is 356 g/mol. The van der Waals surface area contributed by atoms with Crippen LogP contribution in [0.4, 0.5) is 0 Å². The van der Waals surface area contributed by atoms with Crippen molar-refractivity contribution in [3.8, 4) is 0 Å². The molecule has 0 radical (unpaired) electrons. The minimum atomic E-state index is 0.525. The first-order chi connectivity index (χ1) is 10.2. The molecule has 0 aliphatic heterocycles. The largest absolute Gasteiger partial charge is 0.0853 e. The van der Waals surface area contributed by atoms with Crippen molar-refractivity contribution in [2.45, 2.75) is 114 Å². The van der Waals surface area contributed by atoms with Crippen molar-refractivity contribution in [2.24, 2.45) is 11.8 Å². The Morgan fingerprint density at radius 1 is 0.857 bits per heavy atom. The molecular weight excluding hydrogens is 320 g/mol. The summed E-state index contributed by atoms with van der Waals surface area (Å²) in [7, 11) is 0. The van der Waals surface area contributed by atoms with Crippen molar-refractivity contribution < 1.29 is 0 Å². The van der Waals surface area contributed by atoms with Gasteiger partial charge >= 0.3 is 0 Å². The van der Waals surface area contributed by atoms with E-state index in [0.29, 0.717) is 4.32 Å². The zero-order valence-corrected chi connectivity index (χ0v) is 15.9. The second-order valence-electron chi connectivity index (χ2n) is 8.01. The summed E-state index contributed by atoms with van der Waals surface area (Å²) in [5, 5.41) is 0. The van der Waals surface area contributed by atoms with Crippen LogP contribution in [0, 0.1) is 11.8 Å². The molecule has 1 heteroatoms. The molecule has 0 aromatic heterocycles. The fourth-order valence-electron chi connectivity index (χ4n) is 4.43. The lowest BCUT2D eigenvalue weighted by molar-refractivity contribution is 0.286. The van der Waals surface area contributed by atoms with Crippen LogP contribution < -0.4 is 0 Å².